The molecule has 0 atom stereocenters. The Hall–Kier alpha value is -2.97. The SMILES string of the molecule is O=C(c1ccco1)N1CCC(c2nnc(Cn3cncn3)n2C2CC2)CC1. The molecule has 4 heterocycles. The molecule has 1 aliphatic carbocycles. The van der Waals surface area contributed by atoms with Gasteiger partial charge in [-0.15, -0.1) is 10.2 Å². The molecule has 140 valence electrons. The van der Waals surface area contributed by atoms with E-state index in [9.17, 15) is 4.79 Å². The summed E-state index contributed by atoms with van der Waals surface area (Å²) in [7, 11) is 0. The Kier molecular flexibility index (Phi) is 3.99. The largest absolute Gasteiger partial charge is 0.459 e. The molecule has 9 nitrogen and oxygen atoms in total. The lowest BCUT2D eigenvalue weighted by molar-refractivity contribution is 0.0678. The van der Waals surface area contributed by atoms with Gasteiger partial charge in [-0.3, -0.25) is 4.79 Å². The van der Waals surface area contributed by atoms with Crippen LogP contribution in [-0.4, -0.2) is 53.4 Å². The summed E-state index contributed by atoms with van der Waals surface area (Å²) in [4.78, 5) is 18.3. The summed E-state index contributed by atoms with van der Waals surface area (Å²) in [5.41, 5.74) is 0. The molecule has 1 saturated carbocycles. The number of aromatic nitrogens is 6. The molecule has 0 unspecified atom stereocenters. The van der Waals surface area contributed by atoms with Crippen LogP contribution in [0.3, 0.4) is 0 Å². The second-order valence-corrected chi connectivity index (χ2v) is 7.21. The highest BCUT2D eigenvalue weighted by atomic mass is 16.3. The Bertz CT molecular complexity index is 904. The van der Waals surface area contributed by atoms with Crippen LogP contribution in [-0.2, 0) is 6.54 Å². The maximum absolute atomic E-state index is 12.5. The van der Waals surface area contributed by atoms with E-state index < -0.39 is 0 Å². The molecule has 1 amide bonds. The van der Waals surface area contributed by atoms with Crippen LogP contribution in [0.15, 0.2) is 35.5 Å². The van der Waals surface area contributed by atoms with E-state index in [1.54, 1.807) is 23.1 Å². The third-order valence-electron chi connectivity index (χ3n) is 5.35. The van der Waals surface area contributed by atoms with Crippen molar-refractivity contribution >= 4 is 5.91 Å². The lowest BCUT2D eigenvalue weighted by atomic mass is 9.95. The number of hydrogen-bond donors (Lipinski definition) is 0. The van der Waals surface area contributed by atoms with Crippen LogP contribution in [0.2, 0.25) is 0 Å². The molecule has 0 bridgehead atoms. The molecule has 1 aliphatic heterocycles. The average Bonchev–Trinajstić information content (AvgIpc) is 3.12. The van der Waals surface area contributed by atoms with Crippen LogP contribution in [0, 0.1) is 0 Å². The maximum Gasteiger partial charge on any atom is 0.289 e. The lowest BCUT2D eigenvalue weighted by Crippen LogP contribution is -2.38. The van der Waals surface area contributed by atoms with Crippen LogP contribution < -0.4 is 0 Å². The number of carbonyl (C=O) groups excluding carboxylic acids is 1. The molecular formula is C18H21N7O2. The summed E-state index contributed by atoms with van der Waals surface area (Å²) >= 11 is 0. The molecule has 0 radical (unpaired) electrons. The van der Waals surface area contributed by atoms with Gasteiger partial charge in [0.2, 0.25) is 0 Å². The molecule has 0 spiro atoms. The van der Waals surface area contributed by atoms with Crippen LogP contribution in [0.1, 0.15) is 59.8 Å². The van der Waals surface area contributed by atoms with Crippen molar-refractivity contribution in [2.24, 2.45) is 0 Å². The van der Waals surface area contributed by atoms with E-state index in [-0.39, 0.29) is 5.91 Å². The molecule has 0 aromatic carbocycles. The van der Waals surface area contributed by atoms with E-state index in [0.717, 1.165) is 24.5 Å². The van der Waals surface area contributed by atoms with E-state index in [1.165, 1.54) is 25.4 Å². The minimum atomic E-state index is -0.0334. The zero-order valence-electron chi connectivity index (χ0n) is 14.9. The first-order valence-corrected chi connectivity index (χ1v) is 9.38. The first-order valence-electron chi connectivity index (χ1n) is 9.38. The highest BCUT2D eigenvalue weighted by Crippen LogP contribution is 2.40. The van der Waals surface area contributed by atoms with Crippen molar-refractivity contribution in [3.05, 3.63) is 48.5 Å². The van der Waals surface area contributed by atoms with Gasteiger partial charge in [-0.05, 0) is 37.8 Å². The third kappa shape index (κ3) is 3.13. The monoisotopic (exact) mass is 367 g/mol. The van der Waals surface area contributed by atoms with Gasteiger partial charge in [0.1, 0.15) is 25.0 Å². The standard InChI is InChI=1S/C18H21N7O2/c26-18(15-2-1-9-27-15)23-7-5-13(6-8-23)17-22-21-16(25(17)14-3-4-14)10-24-12-19-11-20-24/h1-2,9,11-14H,3-8,10H2. The highest BCUT2D eigenvalue weighted by Gasteiger charge is 2.34. The summed E-state index contributed by atoms with van der Waals surface area (Å²) < 4.78 is 9.32. The number of hydrogen-bond acceptors (Lipinski definition) is 6. The van der Waals surface area contributed by atoms with Crippen molar-refractivity contribution in [1.82, 2.24) is 34.4 Å². The zero-order chi connectivity index (χ0) is 18.2. The number of amides is 1. The number of likely N-dealkylation sites (tertiary alicyclic amines) is 1. The molecule has 0 N–H and O–H groups in total. The van der Waals surface area contributed by atoms with E-state index in [4.69, 9.17) is 4.42 Å². The molecule has 3 aromatic rings. The molecule has 2 fully saturated rings. The van der Waals surface area contributed by atoms with Gasteiger partial charge in [0.05, 0.1) is 6.26 Å². The van der Waals surface area contributed by atoms with E-state index in [0.29, 0.717) is 37.4 Å². The van der Waals surface area contributed by atoms with Gasteiger partial charge in [0, 0.05) is 25.0 Å². The van der Waals surface area contributed by atoms with Gasteiger partial charge in [-0.25, -0.2) is 9.67 Å². The van der Waals surface area contributed by atoms with Crippen molar-refractivity contribution in [2.45, 2.75) is 44.2 Å². The van der Waals surface area contributed by atoms with Crippen molar-refractivity contribution in [2.75, 3.05) is 13.1 Å². The summed E-state index contributed by atoms with van der Waals surface area (Å²) in [6.07, 6.45) is 8.89. The lowest BCUT2D eigenvalue weighted by Gasteiger charge is -2.31. The first-order chi connectivity index (χ1) is 13.3. The van der Waals surface area contributed by atoms with Gasteiger partial charge < -0.3 is 13.9 Å². The van der Waals surface area contributed by atoms with Crippen molar-refractivity contribution < 1.29 is 9.21 Å². The number of rotatable bonds is 5. The smallest absolute Gasteiger partial charge is 0.289 e. The molecule has 9 heteroatoms. The Labute approximate surface area is 156 Å². The number of carbonyl (C=O) groups is 1. The summed E-state index contributed by atoms with van der Waals surface area (Å²) in [6.45, 7) is 2.00. The van der Waals surface area contributed by atoms with Gasteiger partial charge in [0.25, 0.3) is 5.91 Å². The Morgan fingerprint density at radius 3 is 2.70 bits per heavy atom. The number of nitrogens with zero attached hydrogens (tertiary/aromatic N) is 7. The second-order valence-electron chi connectivity index (χ2n) is 7.21. The molecule has 1 saturated heterocycles. The highest BCUT2D eigenvalue weighted by molar-refractivity contribution is 5.91. The third-order valence-corrected chi connectivity index (χ3v) is 5.35. The fourth-order valence-corrected chi connectivity index (χ4v) is 3.81. The van der Waals surface area contributed by atoms with Crippen LogP contribution in [0.5, 0.6) is 0 Å². The van der Waals surface area contributed by atoms with Crippen LogP contribution in [0.4, 0.5) is 0 Å². The topological polar surface area (TPSA) is 94.9 Å². The minimum absolute atomic E-state index is 0.0334. The van der Waals surface area contributed by atoms with Crippen LogP contribution in [0.25, 0.3) is 0 Å². The molecule has 27 heavy (non-hydrogen) atoms. The van der Waals surface area contributed by atoms with Crippen LogP contribution >= 0.6 is 0 Å². The Balaban J connectivity index is 1.31. The molecule has 3 aromatic heterocycles. The normalized spacial score (nSPS) is 18.1. The Morgan fingerprint density at radius 1 is 1.19 bits per heavy atom. The predicted octanol–water partition coefficient (Wildman–Crippen LogP) is 1.87. The summed E-state index contributed by atoms with van der Waals surface area (Å²) in [6, 6.07) is 3.96. The minimum Gasteiger partial charge on any atom is -0.459 e. The van der Waals surface area contributed by atoms with Gasteiger partial charge in [0.15, 0.2) is 11.6 Å². The average molecular weight is 367 g/mol. The van der Waals surface area contributed by atoms with Crippen molar-refractivity contribution in [1.29, 1.82) is 0 Å². The fraction of sp³-hybridized carbons (Fsp3) is 0.500. The molecule has 5 rings (SSSR count). The number of furan rings is 1. The Morgan fingerprint density at radius 2 is 2.04 bits per heavy atom. The summed E-state index contributed by atoms with van der Waals surface area (Å²) in [5.74, 6) is 2.69. The predicted molar refractivity (Wildman–Crippen MR) is 94.0 cm³/mol. The molecular weight excluding hydrogens is 346 g/mol. The van der Waals surface area contributed by atoms with E-state index in [2.05, 4.69) is 24.8 Å². The van der Waals surface area contributed by atoms with Crippen molar-refractivity contribution in [3.63, 3.8) is 0 Å². The fourth-order valence-electron chi connectivity index (χ4n) is 3.81. The second kappa shape index (κ2) is 6.64. The molecule has 2 aliphatic rings. The maximum atomic E-state index is 12.5. The van der Waals surface area contributed by atoms with Gasteiger partial charge in [-0.2, -0.15) is 5.10 Å². The van der Waals surface area contributed by atoms with Gasteiger partial charge >= 0.3 is 0 Å². The van der Waals surface area contributed by atoms with Gasteiger partial charge in [-0.1, -0.05) is 0 Å². The zero-order valence-corrected chi connectivity index (χ0v) is 14.9. The summed E-state index contributed by atoms with van der Waals surface area (Å²) in [5, 5.41) is 13.2. The van der Waals surface area contributed by atoms with E-state index in [1.807, 2.05) is 4.90 Å². The van der Waals surface area contributed by atoms with E-state index >= 15 is 0 Å². The first kappa shape index (κ1) is 16.2. The van der Waals surface area contributed by atoms with Crippen molar-refractivity contribution in [3.8, 4) is 0 Å². The quantitative estimate of drug-likeness (QED) is 0.683. The number of piperidine rings is 1.